The maximum absolute atomic E-state index is 2.86. The summed E-state index contributed by atoms with van der Waals surface area (Å²) >= 11 is 0. The van der Waals surface area contributed by atoms with Crippen molar-refractivity contribution in [3.63, 3.8) is 0 Å². The third kappa shape index (κ3) is 7.35. The lowest BCUT2D eigenvalue weighted by atomic mass is 10.2. The van der Waals surface area contributed by atoms with E-state index in [0.29, 0.717) is 40.3 Å². The Labute approximate surface area is 311 Å². The molecule has 0 saturated heterocycles. The van der Waals surface area contributed by atoms with E-state index < -0.39 is 46.0 Å². The normalized spacial score (nSPS) is 16.3. The van der Waals surface area contributed by atoms with Gasteiger partial charge < -0.3 is 0 Å². The molecule has 0 saturated carbocycles. The lowest BCUT2D eigenvalue weighted by Crippen LogP contribution is -2.81. The van der Waals surface area contributed by atoms with Gasteiger partial charge in [0.15, 0.2) is 0 Å². The van der Waals surface area contributed by atoms with Crippen LogP contribution in [-0.2, 0) is 0 Å². The van der Waals surface area contributed by atoms with Crippen molar-refractivity contribution in [2.45, 2.75) is 233 Å². The van der Waals surface area contributed by atoms with Crippen molar-refractivity contribution >= 4 is 56.4 Å². The topological polar surface area (TPSA) is 0 Å². The molecular formula is C42H88Si6. The number of hydrogen-bond donors (Lipinski definition) is 0. The Bertz CT molecular complexity index is 1000. The third-order valence-corrected chi connectivity index (χ3v) is 96.7. The van der Waals surface area contributed by atoms with Crippen molar-refractivity contribution in [1.29, 1.82) is 0 Å². The highest BCUT2D eigenvalue weighted by molar-refractivity contribution is 7.67. The largest absolute Gasteiger partial charge is 0.0727 e. The van der Waals surface area contributed by atoms with Crippen LogP contribution < -0.4 is 10.4 Å². The van der Waals surface area contributed by atoms with Gasteiger partial charge in [-0.1, -0.05) is 227 Å². The Kier molecular flexibility index (Phi) is 12.7. The summed E-state index contributed by atoms with van der Waals surface area (Å²) in [5.74, 6) is 0. The van der Waals surface area contributed by atoms with Gasteiger partial charge in [-0.15, -0.1) is 0 Å². The molecule has 0 aliphatic carbocycles. The summed E-state index contributed by atoms with van der Waals surface area (Å²) in [5.41, 5.74) is 0. The highest BCUT2D eigenvalue weighted by Crippen LogP contribution is 2.62. The number of hydrogen-bond acceptors (Lipinski definition) is 0. The molecule has 0 heterocycles. The van der Waals surface area contributed by atoms with E-state index in [9.17, 15) is 0 Å². The minimum atomic E-state index is -1.93. The first-order valence-corrected chi connectivity index (χ1v) is 36.3. The smallest absolute Gasteiger partial charge is 0.0704 e. The van der Waals surface area contributed by atoms with Crippen molar-refractivity contribution in [3.05, 3.63) is 24.3 Å². The van der Waals surface area contributed by atoms with E-state index in [1.54, 1.807) is 10.4 Å². The molecule has 1 aromatic rings. The first-order valence-electron chi connectivity index (χ1n) is 19.3. The van der Waals surface area contributed by atoms with Gasteiger partial charge in [-0.25, -0.2) is 0 Å². The van der Waals surface area contributed by atoms with Crippen LogP contribution in [0.3, 0.4) is 0 Å². The molecule has 1 aromatic carbocycles. The molecule has 0 aliphatic rings. The molecule has 48 heavy (non-hydrogen) atoms. The van der Waals surface area contributed by atoms with Crippen LogP contribution in [0.15, 0.2) is 24.3 Å². The molecule has 0 amide bonds. The molecule has 280 valence electrons. The van der Waals surface area contributed by atoms with Gasteiger partial charge >= 0.3 is 0 Å². The summed E-state index contributed by atoms with van der Waals surface area (Å²) in [5, 5.41) is 6.03. The van der Waals surface area contributed by atoms with Gasteiger partial charge in [-0.2, -0.15) is 0 Å². The predicted molar refractivity (Wildman–Crippen MR) is 241 cm³/mol. The van der Waals surface area contributed by atoms with E-state index >= 15 is 0 Å². The monoisotopic (exact) mass is 761 g/mol. The van der Waals surface area contributed by atoms with E-state index in [1.807, 2.05) is 0 Å². The first-order chi connectivity index (χ1) is 20.5. The van der Waals surface area contributed by atoms with Gasteiger partial charge in [0.1, 0.15) is 0 Å². The molecule has 6 heteroatoms. The quantitative estimate of drug-likeness (QED) is 0.253. The lowest BCUT2D eigenvalue weighted by molar-refractivity contribution is 0.625. The Morgan fingerprint density at radius 3 is 0.458 bits per heavy atom. The molecule has 0 unspecified atom stereocenters. The summed E-state index contributed by atoms with van der Waals surface area (Å²) in [6.45, 7) is 74.4. The Hall–Kier alpha value is 0.521. The Morgan fingerprint density at radius 2 is 0.375 bits per heavy atom. The molecule has 0 N–H and O–H groups in total. The number of rotatable bonds is 6. The van der Waals surface area contributed by atoms with Crippen LogP contribution in [-0.4, -0.2) is 46.0 Å². The van der Waals surface area contributed by atoms with Gasteiger partial charge in [0.2, 0.25) is 0 Å². The molecule has 0 nitrogen and oxygen atoms in total. The fourth-order valence-electron chi connectivity index (χ4n) is 10.5. The maximum atomic E-state index is 2.86. The van der Waals surface area contributed by atoms with Crippen LogP contribution in [0.1, 0.15) is 166 Å². The van der Waals surface area contributed by atoms with E-state index in [0.717, 1.165) is 0 Å². The summed E-state index contributed by atoms with van der Waals surface area (Å²) in [6, 6.07) is 11.1. The SMILES string of the molecule is CC(C)(C)[Si](C)([Si](c1ccc([Si]([Si](C)(C(C)(C)C)C(C)(C)C)[Si](C)(C(C)(C)C)C(C)(C)C)cc1)[Si](C)(C(C)(C)C)C(C)(C)C)C(C)(C)C. The summed E-state index contributed by atoms with van der Waals surface area (Å²) in [7, 11) is -9.58. The fourth-order valence-corrected chi connectivity index (χ4v) is 109. The van der Waals surface area contributed by atoms with Crippen LogP contribution >= 0.6 is 0 Å². The van der Waals surface area contributed by atoms with E-state index in [-0.39, 0.29) is 0 Å². The second kappa shape index (κ2) is 13.1. The molecule has 0 aromatic heterocycles. The highest BCUT2D eigenvalue weighted by atomic mass is 29.6. The van der Waals surface area contributed by atoms with E-state index in [2.05, 4.69) is 217 Å². The molecule has 1 rings (SSSR count). The van der Waals surface area contributed by atoms with Crippen LogP contribution in [0.2, 0.25) is 66.5 Å². The van der Waals surface area contributed by atoms with Gasteiger partial charge in [-0.05, 0) is 40.3 Å². The van der Waals surface area contributed by atoms with E-state index in [4.69, 9.17) is 0 Å². The standard InChI is InChI=1S/C42H88Si6/c1-35(2,3)45(25,36(4,5)6)43(46(26,37(7,8)9)38(10,11)12)33-29-31-34(32-30-33)44(47(27,39(13,14)15)40(16,17)18)48(28,41(19,20)21)42(22,23)24/h29-32H,1-28H3. The third-order valence-electron chi connectivity index (χ3n) is 15.5. The Balaban J connectivity index is 4.66. The summed E-state index contributed by atoms with van der Waals surface area (Å²) in [6.07, 6.45) is 0. The van der Waals surface area contributed by atoms with Gasteiger partial charge in [-0.3, -0.25) is 0 Å². The average molecular weight is 762 g/mol. The van der Waals surface area contributed by atoms with Crippen LogP contribution in [0.5, 0.6) is 0 Å². The van der Waals surface area contributed by atoms with Gasteiger partial charge in [0.25, 0.3) is 0 Å². The molecule has 0 bridgehead atoms. The summed E-state index contributed by atoms with van der Waals surface area (Å²) < 4.78 is 0. The molecule has 0 spiro atoms. The molecule has 0 fully saturated rings. The predicted octanol–water partition coefficient (Wildman–Crippen LogP) is 14.1. The van der Waals surface area contributed by atoms with Gasteiger partial charge in [0, 0.05) is 0 Å². The lowest BCUT2D eigenvalue weighted by Gasteiger charge is -2.64. The second-order valence-corrected chi connectivity index (χ2v) is 69.5. The van der Waals surface area contributed by atoms with Crippen molar-refractivity contribution in [2.24, 2.45) is 0 Å². The number of benzene rings is 1. The molecule has 0 aliphatic heterocycles. The van der Waals surface area contributed by atoms with E-state index in [1.165, 1.54) is 0 Å². The van der Waals surface area contributed by atoms with Crippen LogP contribution in [0.25, 0.3) is 0 Å². The fraction of sp³-hybridized carbons (Fsp3) is 0.857. The minimum absolute atomic E-state index is 0.311. The average Bonchev–Trinajstić information content (AvgIpc) is 2.79. The van der Waals surface area contributed by atoms with Crippen molar-refractivity contribution in [3.8, 4) is 0 Å². The second-order valence-electron chi connectivity index (χ2n) is 24.8. The first kappa shape index (κ1) is 46.5. The van der Waals surface area contributed by atoms with Crippen LogP contribution in [0, 0.1) is 0 Å². The molecule has 2 radical (unpaired) electrons. The van der Waals surface area contributed by atoms with Crippen LogP contribution in [0.4, 0.5) is 0 Å². The zero-order valence-corrected chi connectivity index (χ0v) is 44.3. The van der Waals surface area contributed by atoms with Crippen molar-refractivity contribution in [2.75, 3.05) is 0 Å². The molecular weight excluding hydrogens is 673 g/mol. The maximum Gasteiger partial charge on any atom is 0.0727 e. The highest BCUT2D eigenvalue weighted by Gasteiger charge is 2.68. The molecule has 0 atom stereocenters. The zero-order valence-electron chi connectivity index (χ0n) is 38.3. The summed E-state index contributed by atoms with van der Waals surface area (Å²) in [4.78, 5) is 0. The van der Waals surface area contributed by atoms with Crippen molar-refractivity contribution in [1.82, 2.24) is 0 Å². The van der Waals surface area contributed by atoms with Crippen molar-refractivity contribution < 1.29 is 0 Å². The Morgan fingerprint density at radius 1 is 0.271 bits per heavy atom. The minimum Gasteiger partial charge on any atom is -0.0704 e. The zero-order chi connectivity index (χ0) is 39.1. The van der Waals surface area contributed by atoms with Gasteiger partial charge in [0.05, 0.1) is 46.0 Å².